The molecule has 24 heavy (non-hydrogen) atoms. The van der Waals surface area contributed by atoms with Crippen molar-refractivity contribution in [1.82, 2.24) is 10.2 Å². The van der Waals surface area contributed by atoms with E-state index in [4.69, 9.17) is 10.5 Å². The van der Waals surface area contributed by atoms with E-state index in [0.717, 1.165) is 25.9 Å². The summed E-state index contributed by atoms with van der Waals surface area (Å²) in [5, 5.41) is 3.20. The Labute approximate surface area is 144 Å². The molecule has 0 bridgehead atoms. The molecule has 0 spiro atoms. The zero-order chi connectivity index (χ0) is 16.8. The fraction of sp³-hybridized carbons (Fsp3) is 0.632. The third kappa shape index (κ3) is 3.79. The Morgan fingerprint density at radius 1 is 1.21 bits per heavy atom. The average Bonchev–Trinajstić information content (AvgIpc) is 3.17. The number of nitrogens with two attached hydrogens (primary N) is 1. The van der Waals surface area contributed by atoms with Gasteiger partial charge in [0.1, 0.15) is 0 Å². The van der Waals surface area contributed by atoms with Gasteiger partial charge in [-0.2, -0.15) is 0 Å². The number of ether oxygens (including phenoxy) is 1. The molecule has 0 radical (unpaired) electrons. The van der Waals surface area contributed by atoms with E-state index in [2.05, 4.69) is 34.5 Å². The highest BCUT2D eigenvalue weighted by Crippen LogP contribution is 2.30. The molecule has 1 amide bonds. The second-order valence-corrected chi connectivity index (χ2v) is 6.98. The third-order valence-electron chi connectivity index (χ3n) is 5.54. The van der Waals surface area contributed by atoms with Crippen molar-refractivity contribution in [1.29, 1.82) is 0 Å². The first-order valence-electron chi connectivity index (χ1n) is 9.10. The summed E-state index contributed by atoms with van der Waals surface area (Å²) < 4.78 is 5.41. The lowest BCUT2D eigenvalue weighted by Gasteiger charge is -2.36. The predicted octanol–water partition coefficient (Wildman–Crippen LogP) is 1.70. The van der Waals surface area contributed by atoms with Crippen molar-refractivity contribution in [2.45, 2.75) is 31.7 Å². The van der Waals surface area contributed by atoms with E-state index >= 15 is 0 Å². The highest BCUT2D eigenvalue weighted by Gasteiger charge is 2.39. The first-order chi connectivity index (χ1) is 11.7. The van der Waals surface area contributed by atoms with E-state index in [-0.39, 0.29) is 11.9 Å². The van der Waals surface area contributed by atoms with Gasteiger partial charge in [0.25, 0.3) is 0 Å². The van der Waals surface area contributed by atoms with Crippen molar-refractivity contribution in [3.8, 4) is 0 Å². The summed E-state index contributed by atoms with van der Waals surface area (Å²) >= 11 is 0. The van der Waals surface area contributed by atoms with Crippen molar-refractivity contribution in [3.63, 3.8) is 0 Å². The normalized spacial score (nSPS) is 22.2. The van der Waals surface area contributed by atoms with Gasteiger partial charge < -0.3 is 15.8 Å². The lowest BCUT2D eigenvalue weighted by molar-refractivity contribution is -0.136. The van der Waals surface area contributed by atoms with Crippen molar-refractivity contribution in [2.75, 3.05) is 39.4 Å². The van der Waals surface area contributed by atoms with Crippen LogP contribution in [0.1, 0.15) is 37.3 Å². The zero-order valence-electron chi connectivity index (χ0n) is 14.4. The van der Waals surface area contributed by atoms with Gasteiger partial charge in [0.2, 0.25) is 5.91 Å². The quantitative estimate of drug-likeness (QED) is 0.832. The number of nitrogens with zero attached hydrogens (tertiary/aromatic N) is 1. The Morgan fingerprint density at radius 2 is 1.88 bits per heavy atom. The molecule has 2 fully saturated rings. The van der Waals surface area contributed by atoms with Crippen LogP contribution in [0, 0.1) is 5.41 Å². The maximum atomic E-state index is 12.8. The molecule has 5 heteroatoms. The van der Waals surface area contributed by atoms with Crippen LogP contribution in [-0.2, 0) is 9.53 Å². The molecule has 0 aromatic heterocycles. The summed E-state index contributed by atoms with van der Waals surface area (Å²) in [6.45, 7) is 4.49. The minimum absolute atomic E-state index is 0.0911. The molecule has 1 aromatic rings. The van der Waals surface area contributed by atoms with Gasteiger partial charge in [-0.25, -0.2) is 0 Å². The Kier molecular flexibility index (Phi) is 5.87. The molecule has 2 aliphatic rings. The molecule has 2 aliphatic heterocycles. The highest BCUT2D eigenvalue weighted by molar-refractivity contribution is 5.83. The largest absolute Gasteiger partial charge is 0.381 e. The van der Waals surface area contributed by atoms with Crippen molar-refractivity contribution in [3.05, 3.63) is 35.9 Å². The van der Waals surface area contributed by atoms with Crippen molar-refractivity contribution >= 4 is 5.91 Å². The number of amides is 1. The van der Waals surface area contributed by atoms with Gasteiger partial charge in [0.15, 0.2) is 0 Å². The Bertz CT molecular complexity index is 523. The molecule has 3 rings (SSSR count). The lowest BCUT2D eigenvalue weighted by atomic mass is 9.79. The van der Waals surface area contributed by atoms with Crippen LogP contribution in [0.3, 0.4) is 0 Å². The Morgan fingerprint density at radius 3 is 2.50 bits per heavy atom. The molecular formula is C19H29N3O2. The second kappa shape index (κ2) is 8.10. The number of hydrogen-bond acceptors (Lipinski definition) is 4. The van der Waals surface area contributed by atoms with Gasteiger partial charge in [0, 0.05) is 26.3 Å². The van der Waals surface area contributed by atoms with Gasteiger partial charge in [-0.05, 0) is 44.3 Å². The molecular weight excluding hydrogens is 302 g/mol. The minimum Gasteiger partial charge on any atom is -0.381 e. The molecule has 3 N–H and O–H groups in total. The molecule has 1 aromatic carbocycles. The van der Waals surface area contributed by atoms with E-state index in [1.54, 1.807) is 0 Å². The summed E-state index contributed by atoms with van der Waals surface area (Å²) in [5.74, 6) is 0.0911. The van der Waals surface area contributed by atoms with E-state index in [0.29, 0.717) is 26.3 Å². The van der Waals surface area contributed by atoms with Crippen LogP contribution >= 0.6 is 0 Å². The van der Waals surface area contributed by atoms with Gasteiger partial charge in [0.05, 0.1) is 11.5 Å². The number of rotatable bonds is 6. The van der Waals surface area contributed by atoms with E-state index in [1.165, 1.54) is 18.4 Å². The highest BCUT2D eigenvalue weighted by atomic mass is 16.5. The first kappa shape index (κ1) is 17.4. The topological polar surface area (TPSA) is 67.6 Å². The second-order valence-electron chi connectivity index (χ2n) is 6.98. The molecule has 1 atom stereocenters. The van der Waals surface area contributed by atoms with Gasteiger partial charge in [-0.15, -0.1) is 0 Å². The van der Waals surface area contributed by atoms with Crippen LogP contribution in [-0.4, -0.2) is 50.2 Å². The number of hydrogen-bond donors (Lipinski definition) is 2. The summed E-state index contributed by atoms with van der Waals surface area (Å²) in [6.07, 6.45) is 3.91. The van der Waals surface area contributed by atoms with Crippen LogP contribution in [0.2, 0.25) is 0 Å². The Hall–Kier alpha value is -1.43. The van der Waals surface area contributed by atoms with Gasteiger partial charge in [-0.3, -0.25) is 9.69 Å². The van der Waals surface area contributed by atoms with Crippen LogP contribution in [0.5, 0.6) is 0 Å². The third-order valence-corrected chi connectivity index (χ3v) is 5.54. The summed E-state index contributed by atoms with van der Waals surface area (Å²) in [5.41, 5.74) is 6.77. The van der Waals surface area contributed by atoms with Crippen LogP contribution in [0.4, 0.5) is 0 Å². The maximum Gasteiger partial charge on any atom is 0.227 e. The van der Waals surface area contributed by atoms with Crippen molar-refractivity contribution < 1.29 is 9.53 Å². The van der Waals surface area contributed by atoms with Crippen LogP contribution in [0.25, 0.3) is 0 Å². The molecule has 0 saturated carbocycles. The van der Waals surface area contributed by atoms with E-state index in [1.807, 2.05) is 6.07 Å². The molecule has 2 saturated heterocycles. The van der Waals surface area contributed by atoms with Gasteiger partial charge >= 0.3 is 0 Å². The fourth-order valence-electron chi connectivity index (χ4n) is 3.85. The Balaban J connectivity index is 1.67. The number of nitrogens with one attached hydrogen (secondary N) is 1. The molecule has 5 nitrogen and oxygen atoms in total. The fourth-order valence-corrected chi connectivity index (χ4v) is 3.85. The number of likely N-dealkylation sites (tertiary alicyclic amines) is 1. The smallest absolute Gasteiger partial charge is 0.227 e. The molecule has 1 unspecified atom stereocenters. The summed E-state index contributed by atoms with van der Waals surface area (Å²) in [6, 6.07) is 10.7. The zero-order valence-corrected chi connectivity index (χ0v) is 14.4. The number of benzene rings is 1. The standard InChI is InChI=1S/C19H29N3O2/c20-15-19(8-12-24-13-9-19)18(23)21-14-17(22-10-4-5-11-22)16-6-2-1-3-7-16/h1-3,6-7,17H,4-5,8-15,20H2,(H,21,23). The SMILES string of the molecule is NCC1(C(=O)NCC(c2ccccc2)N2CCCC2)CCOCC1. The first-order valence-corrected chi connectivity index (χ1v) is 9.10. The summed E-state index contributed by atoms with van der Waals surface area (Å²) in [7, 11) is 0. The predicted molar refractivity (Wildman–Crippen MR) is 94.5 cm³/mol. The van der Waals surface area contributed by atoms with Crippen molar-refractivity contribution in [2.24, 2.45) is 11.1 Å². The molecule has 132 valence electrons. The average molecular weight is 331 g/mol. The molecule has 0 aliphatic carbocycles. The summed E-state index contributed by atoms with van der Waals surface area (Å²) in [4.78, 5) is 15.3. The lowest BCUT2D eigenvalue weighted by Crippen LogP contribution is -2.50. The monoisotopic (exact) mass is 331 g/mol. The maximum absolute atomic E-state index is 12.8. The van der Waals surface area contributed by atoms with Crippen LogP contribution < -0.4 is 11.1 Å². The van der Waals surface area contributed by atoms with Gasteiger partial charge in [-0.1, -0.05) is 30.3 Å². The minimum atomic E-state index is -0.454. The molecule has 2 heterocycles. The number of carbonyl (C=O) groups excluding carboxylic acids is 1. The van der Waals surface area contributed by atoms with E-state index < -0.39 is 5.41 Å². The number of carbonyl (C=O) groups is 1. The van der Waals surface area contributed by atoms with Crippen LogP contribution in [0.15, 0.2) is 30.3 Å². The van der Waals surface area contributed by atoms with E-state index in [9.17, 15) is 4.79 Å².